The number of methoxy groups -OCH3 is 2. The molecular formula is C21H30N2O3. The van der Waals surface area contributed by atoms with Crippen molar-refractivity contribution < 1.29 is 13.9 Å². The Balaban J connectivity index is 1.84. The van der Waals surface area contributed by atoms with Gasteiger partial charge in [0, 0.05) is 25.3 Å². The van der Waals surface area contributed by atoms with E-state index in [1.165, 1.54) is 19.3 Å². The summed E-state index contributed by atoms with van der Waals surface area (Å²) < 4.78 is 16.9. The fourth-order valence-corrected chi connectivity index (χ4v) is 3.78. The van der Waals surface area contributed by atoms with Crippen LogP contribution in [0.4, 0.5) is 0 Å². The van der Waals surface area contributed by atoms with Crippen molar-refractivity contribution in [1.29, 1.82) is 0 Å². The Hall–Kier alpha value is -1.85. The molecule has 0 spiro atoms. The van der Waals surface area contributed by atoms with Crippen molar-refractivity contribution in [1.82, 2.24) is 9.88 Å². The predicted molar refractivity (Wildman–Crippen MR) is 103 cm³/mol. The highest BCUT2D eigenvalue weighted by Gasteiger charge is 2.25. The summed E-state index contributed by atoms with van der Waals surface area (Å²) in [5, 5.41) is 0. The summed E-state index contributed by atoms with van der Waals surface area (Å²) in [5.74, 6) is 2.49. The zero-order valence-electron chi connectivity index (χ0n) is 16.6. The first-order chi connectivity index (χ1) is 12.5. The van der Waals surface area contributed by atoms with Crippen molar-refractivity contribution in [3.05, 3.63) is 34.7 Å². The molecule has 1 aliphatic heterocycles. The number of ether oxygens (including phenoxy) is 2. The Morgan fingerprint density at radius 1 is 1.15 bits per heavy atom. The lowest BCUT2D eigenvalue weighted by Gasteiger charge is -2.34. The molecule has 5 heteroatoms. The zero-order valence-corrected chi connectivity index (χ0v) is 16.6. The molecule has 1 aromatic carbocycles. The summed E-state index contributed by atoms with van der Waals surface area (Å²) in [5.41, 5.74) is 4.33. The van der Waals surface area contributed by atoms with Crippen LogP contribution in [0, 0.1) is 20.8 Å². The second kappa shape index (κ2) is 8.23. The van der Waals surface area contributed by atoms with Gasteiger partial charge in [-0.05, 0) is 63.4 Å². The minimum Gasteiger partial charge on any atom is -0.496 e. The third-order valence-corrected chi connectivity index (χ3v) is 5.54. The highest BCUT2D eigenvalue weighted by atomic mass is 16.5. The molecule has 1 aliphatic rings. The van der Waals surface area contributed by atoms with E-state index in [2.05, 4.69) is 18.7 Å². The van der Waals surface area contributed by atoms with Gasteiger partial charge in [-0.1, -0.05) is 6.42 Å². The van der Waals surface area contributed by atoms with E-state index in [9.17, 15) is 0 Å². The average Bonchev–Trinajstić information content (AvgIpc) is 2.99. The van der Waals surface area contributed by atoms with Crippen molar-refractivity contribution in [3.8, 4) is 17.2 Å². The van der Waals surface area contributed by atoms with Gasteiger partial charge in [-0.2, -0.15) is 0 Å². The lowest BCUT2D eigenvalue weighted by atomic mass is 10.0. The maximum atomic E-state index is 6.04. The molecule has 0 unspecified atom stereocenters. The molecule has 1 saturated heterocycles. The molecule has 2 aromatic rings. The molecule has 2 heterocycles. The van der Waals surface area contributed by atoms with E-state index in [4.69, 9.17) is 18.9 Å². The van der Waals surface area contributed by atoms with Gasteiger partial charge in [0.25, 0.3) is 0 Å². The number of aryl methyl sites for hydroxylation is 1. The summed E-state index contributed by atoms with van der Waals surface area (Å²) in [7, 11) is 3.48. The largest absolute Gasteiger partial charge is 0.496 e. The van der Waals surface area contributed by atoms with Crippen LogP contribution in [0.3, 0.4) is 0 Å². The van der Waals surface area contributed by atoms with E-state index >= 15 is 0 Å². The van der Waals surface area contributed by atoms with Crippen LogP contribution >= 0.6 is 0 Å². The van der Waals surface area contributed by atoms with Gasteiger partial charge in [0.2, 0.25) is 5.89 Å². The Bertz CT molecular complexity index is 752. The first-order valence-electron chi connectivity index (χ1n) is 9.39. The van der Waals surface area contributed by atoms with Crippen molar-refractivity contribution in [2.45, 2.75) is 52.6 Å². The number of rotatable bonds is 6. The molecule has 0 radical (unpaired) electrons. The first kappa shape index (κ1) is 18.9. The second-order valence-electron chi connectivity index (χ2n) is 7.16. The average molecular weight is 358 g/mol. The number of hydrogen-bond donors (Lipinski definition) is 0. The molecular weight excluding hydrogens is 328 g/mol. The van der Waals surface area contributed by atoms with E-state index in [1.807, 2.05) is 19.1 Å². The van der Waals surface area contributed by atoms with Gasteiger partial charge in [0.1, 0.15) is 11.5 Å². The number of nitrogens with zero attached hydrogens (tertiary/aromatic N) is 2. The zero-order chi connectivity index (χ0) is 18.7. The van der Waals surface area contributed by atoms with Gasteiger partial charge in [-0.15, -0.1) is 0 Å². The predicted octanol–water partition coefficient (Wildman–Crippen LogP) is 4.28. The van der Waals surface area contributed by atoms with Gasteiger partial charge in [-0.25, -0.2) is 4.98 Å². The molecule has 5 nitrogen and oxygen atoms in total. The van der Waals surface area contributed by atoms with Crippen LogP contribution < -0.4 is 4.74 Å². The molecule has 1 fully saturated rings. The number of aromatic nitrogens is 1. The highest BCUT2D eigenvalue weighted by molar-refractivity contribution is 5.63. The molecule has 0 bridgehead atoms. The van der Waals surface area contributed by atoms with Crippen molar-refractivity contribution in [3.63, 3.8) is 0 Å². The summed E-state index contributed by atoms with van der Waals surface area (Å²) in [6, 6.07) is 4.49. The van der Waals surface area contributed by atoms with Crippen LogP contribution in [0.1, 0.15) is 41.8 Å². The Morgan fingerprint density at radius 2 is 1.96 bits per heavy atom. The Kier molecular flexibility index (Phi) is 5.99. The molecule has 0 aliphatic carbocycles. The van der Waals surface area contributed by atoms with Crippen molar-refractivity contribution in [2.75, 3.05) is 27.4 Å². The minimum absolute atomic E-state index is 0.471. The van der Waals surface area contributed by atoms with Crippen LogP contribution in [0.2, 0.25) is 0 Å². The maximum Gasteiger partial charge on any atom is 0.226 e. The standard InChI is InChI=1S/C21H30N2O3/c1-14-15(2)20(25-5)10-9-18(14)21-22-19(16(3)26-21)12-23-11-7-6-8-17(23)13-24-4/h9-10,17H,6-8,11-13H2,1-5H3/t17-/m1/s1. The molecule has 142 valence electrons. The number of piperidine rings is 1. The van der Waals surface area contributed by atoms with Gasteiger partial charge in [0.05, 0.1) is 19.4 Å². The Morgan fingerprint density at radius 3 is 2.69 bits per heavy atom. The number of oxazole rings is 1. The topological polar surface area (TPSA) is 47.7 Å². The maximum absolute atomic E-state index is 6.04. The highest BCUT2D eigenvalue weighted by Crippen LogP contribution is 2.32. The smallest absolute Gasteiger partial charge is 0.226 e. The lowest BCUT2D eigenvalue weighted by molar-refractivity contribution is 0.0590. The van der Waals surface area contributed by atoms with Crippen molar-refractivity contribution in [2.24, 2.45) is 0 Å². The number of hydrogen-bond acceptors (Lipinski definition) is 5. The van der Waals surface area contributed by atoms with Gasteiger partial charge >= 0.3 is 0 Å². The molecule has 3 rings (SSSR count). The first-order valence-corrected chi connectivity index (χ1v) is 9.39. The van der Waals surface area contributed by atoms with E-state index in [1.54, 1.807) is 14.2 Å². The van der Waals surface area contributed by atoms with Crippen LogP contribution in [0.5, 0.6) is 5.75 Å². The van der Waals surface area contributed by atoms with Crippen LogP contribution in [0.15, 0.2) is 16.5 Å². The fraction of sp³-hybridized carbons (Fsp3) is 0.571. The molecule has 0 N–H and O–H groups in total. The Labute approximate surface area is 156 Å². The SMILES string of the molecule is COC[C@H]1CCCCN1Cc1nc(-c2ccc(OC)c(C)c2C)oc1C. The third kappa shape index (κ3) is 3.79. The van der Waals surface area contributed by atoms with Gasteiger partial charge < -0.3 is 13.9 Å². The molecule has 26 heavy (non-hydrogen) atoms. The molecule has 1 aromatic heterocycles. The number of likely N-dealkylation sites (tertiary alicyclic amines) is 1. The monoisotopic (exact) mass is 358 g/mol. The van der Waals surface area contributed by atoms with E-state index in [-0.39, 0.29) is 0 Å². The summed E-state index contributed by atoms with van der Waals surface area (Å²) >= 11 is 0. The summed E-state index contributed by atoms with van der Waals surface area (Å²) in [4.78, 5) is 7.32. The lowest BCUT2D eigenvalue weighted by Crippen LogP contribution is -2.41. The quantitative estimate of drug-likeness (QED) is 0.771. The van der Waals surface area contributed by atoms with Crippen molar-refractivity contribution >= 4 is 0 Å². The van der Waals surface area contributed by atoms with Crippen LogP contribution in [-0.4, -0.2) is 43.3 Å². The van der Waals surface area contributed by atoms with E-state index in [0.29, 0.717) is 11.9 Å². The molecule has 1 atom stereocenters. The van der Waals surface area contributed by atoms with Gasteiger partial charge in [-0.3, -0.25) is 4.90 Å². The van der Waals surface area contributed by atoms with E-state index < -0.39 is 0 Å². The number of benzene rings is 1. The normalized spacial score (nSPS) is 18.3. The third-order valence-electron chi connectivity index (χ3n) is 5.54. The van der Waals surface area contributed by atoms with Crippen LogP contribution in [-0.2, 0) is 11.3 Å². The van der Waals surface area contributed by atoms with Gasteiger partial charge in [0.15, 0.2) is 0 Å². The summed E-state index contributed by atoms with van der Waals surface area (Å²) in [6.45, 7) is 8.85. The second-order valence-corrected chi connectivity index (χ2v) is 7.16. The fourth-order valence-electron chi connectivity index (χ4n) is 3.78. The molecule has 0 amide bonds. The summed E-state index contributed by atoms with van der Waals surface area (Å²) in [6.07, 6.45) is 3.70. The molecule has 0 saturated carbocycles. The minimum atomic E-state index is 0.471. The van der Waals surface area contributed by atoms with E-state index in [0.717, 1.165) is 53.6 Å². The van der Waals surface area contributed by atoms with Crippen LogP contribution in [0.25, 0.3) is 11.5 Å².